The van der Waals surface area contributed by atoms with E-state index in [0.29, 0.717) is 16.5 Å². The minimum atomic E-state index is -4.03. The number of sulfone groups is 1. The lowest BCUT2D eigenvalue weighted by Gasteiger charge is -2.29. The maximum atomic E-state index is 13.3. The monoisotopic (exact) mass is 413 g/mol. The maximum Gasteiger partial charge on any atom is 0.264 e. The zero-order valence-electron chi connectivity index (χ0n) is 13.7. The van der Waals surface area contributed by atoms with Crippen LogP contribution in [0.3, 0.4) is 0 Å². The van der Waals surface area contributed by atoms with Crippen molar-refractivity contribution in [3.63, 3.8) is 0 Å². The lowest BCUT2D eigenvalue weighted by Crippen LogP contribution is -2.41. The largest absolute Gasteiger partial charge is 0.497 e. The molecule has 0 aliphatic carbocycles. The second-order valence-corrected chi connectivity index (χ2v) is 9.86. The first-order valence-corrected chi connectivity index (χ1v) is 11.1. The summed E-state index contributed by atoms with van der Waals surface area (Å²) in [7, 11) is -6.01. The van der Waals surface area contributed by atoms with Gasteiger partial charge in [0.25, 0.3) is 10.0 Å². The Labute approximate surface area is 157 Å². The second kappa shape index (κ2) is 6.94. The van der Waals surface area contributed by atoms with E-state index in [0.717, 1.165) is 9.71 Å². The van der Waals surface area contributed by atoms with Crippen molar-refractivity contribution in [2.24, 2.45) is 0 Å². The number of methoxy groups -OCH3 is 1. The molecule has 2 aromatic carbocycles. The molecule has 0 fully saturated rings. The highest BCUT2D eigenvalue weighted by atomic mass is 35.5. The van der Waals surface area contributed by atoms with Crippen LogP contribution in [0.2, 0.25) is 5.02 Å². The fraction of sp³-hybridized carbons (Fsp3) is 0.176. The van der Waals surface area contributed by atoms with Crippen LogP contribution < -0.4 is 9.04 Å². The summed E-state index contributed by atoms with van der Waals surface area (Å²) in [5.74, 6) is 0.139. The Morgan fingerprint density at radius 1 is 1.15 bits per heavy atom. The van der Waals surface area contributed by atoms with E-state index in [9.17, 15) is 16.8 Å². The van der Waals surface area contributed by atoms with Crippen LogP contribution in [0.25, 0.3) is 0 Å². The fourth-order valence-corrected chi connectivity index (χ4v) is 5.77. The van der Waals surface area contributed by atoms with Crippen LogP contribution >= 0.6 is 11.6 Å². The van der Waals surface area contributed by atoms with E-state index in [1.165, 1.54) is 37.5 Å². The Hall–Kier alpha value is -2.03. The summed E-state index contributed by atoms with van der Waals surface area (Å²) in [6.45, 7) is 0. The highest BCUT2D eigenvalue weighted by molar-refractivity contribution is 7.95. The molecule has 0 amide bonds. The Kier molecular flexibility index (Phi) is 5.01. The third-order valence-corrected chi connectivity index (χ3v) is 7.39. The minimum absolute atomic E-state index is 0.0161. The molecule has 9 heteroatoms. The fourth-order valence-electron chi connectivity index (χ4n) is 2.68. The molecule has 2 aromatic rings. The Morgan fingerprint density at radius 3 is 2.42 bits per heavy atom. The van der Waals surface area contributed by atoms with E-state index < -0.39 is 25.9 Å². The standard InChI is InChI=1S/C17H16ClNO5S2/c1-24-16-4-2-3-14(11-16)19(15-9-10-25(20,21)12-15)26(22,23)17-7-5-13(18)6-8-17/h2-11,15H,12H2,1H3/t15-/m0/s1. The van der Waals surface area contributed by atoms with Gasteiger partial charge in [0.1, 0.15) is 5.75 Å². The van der Waals surface area contributed by atoms with Gasteiger partial charge in [-0.1, -0.05) is 17.7 Å². The van der Waals surface area contributed by atoms with Crippen LogP contribution in [0.4, 0.5) is 5.69 Å². The van der Waals surface area contributed by atoms with E-state index in [1.807, 2.05) is 0 Å². The summed E-state index contributed by atoms with van der Waals surface area (Å²) >= 11 is 5.85. The highest BCUT2D eigenvalue weighted by Crippen LogP contribution is 2.32. The number of hydrogen-bond donors (Lipinski definition) is 0. The van der Waals surface area contributed by atoms with Gasteiger partial charge in [0.2, 0.25) is 0 Å². The Balaban J connectivity index is 2.14. The van der Waals surface area contributed by atoms with Crippen LogP contribution in [-0.2, 0) is 19.9 Å². The molecule has 0 aromatic heterocycles. The summed E-state index contributed by atoms with van der Waals surface area (Å²) in [5, 5.41) is 1.45. The average molecular weight is 414 g/mol. The zero-order chi connectivity index (χ0) is 18.9. The van der Waals surface area contributed by atoms with Gasteiger partial charge >= 0.3 is 0 Å². The van der Waals surface area contributed by atoms with Gasteiger partial charge in [-0.25, -0.2) is 16.8 Å². The van der Waals surface area contributed by atoms with Crippen molar-refractivity contribution >= 4 is 37.1 Å². The molecule has 0 unspecified atom stereocenters. The van der Waals surface area contributed by atoms with Gasteiger partial charge in [-0.3, -0.25) is 4.31 Å². The topological polar surface area (TPSA) is 80.8 Å². The molecule has 138 valence electrons. The van der Waals surface area contributed by atoms with Gasteiger partial charge in [-0.15, -0.1) is 0 Å². The van der Waals surface area contributed by atoms with Crippen LogP contribution in [-0.4, -0.2) is 35.7 Å². The van der Waals surface area contributed by atoms with E-state index in [4.69, 9.17) is 16.3 Å². The van der Waals surface area contributed by atoms with Gasteiger partial charge in [0.05, 0.1) is 29.5 Å². The van der Waals surface area contributed by atoms with E-state index >= 15 is 0 Å². The molecule has 0 bridgehead atoms. The number of sulfonamides is 1. The first-order chi connectivity index (χ1) is 12.2. The van der Waals surface area contributed by atoms with Crippen molar-refractivity contribution in [2.45, 2.75) is 10.9 Å². The van der Waals surface area contributed by atoms with Crippen molar-refractivity contribution < 1.29 is 21.6 Å². The molecule has 0 N–H and O–H groups in total. The van der Waals surface area contributed by atoms with Crippen LogP contribution in [0.15, 0.2) is 64.9 Å². The maximum absolute atomic E-state index is 13.3. The molecular formula is C17H16ClNO5S2. The smallest absolute Gasteiger partial charge is 0.264 e. The lowest BCUT2D eigenvalue weighted by molar-refractivity contribution is 0.415. The van der Waals surface area contributed by atoms with Crippen molar-refractivity contribution in [1.82, 2.24) is 0 Å². The van der Waals surface area contributed by atoms with Gasteiger partial charge < -0.3 is 4.74 Å². The first kappa shape index (κ1) is 18.8. The normalized spacial score (nSPS) is 18.6. The average Bonchev–Trinajstić information content (AvgIpc) is 2.94. The molecule has 6 nitrogen and oxygen atoms in total. The van der Waals surface area contributed by atoms with E-state index in [-0.39, 0.29) is 10.6 Å². The SMILES string of the molecule is COc1cccc(N([C@H]2C=CS(=O)(=O)C2)S(=O)(=O)c2ccc(Cl)cc2)c1. The van der Waals surface area contributed by atoms with Crippen molar-refractivity contribution in [2.75, 3.05) is 17.2 Å². The summed E-state index contributed by atoms with van der Waals surface area (Å²) < 4.78 is 56.5. The number of nitrogens with zero attached hydrogens (tertiary/aromatic N) is 1. The highest BCUT2D eigenvalue weighted by Gasteiger charge is 2.36. The quantitative estimate of drug-likeness (QED) is 0.752. The zero-order valence-corrected chi connectivity index (χ0v) is 16.1. The number of hydrogen-bond acceptors (Lipinski definition) is 5. The number of rotatable bonds is 5. The predicted molar refractivity (Wildman–Crippen MR) is 101 cm³/mol. The second-order valence-electron chi connectivity index (χ2n) is 5.68. The van der Waals surface area contributed by atoms with E-state index in [2.05, 4.69) is 0 Å². The molecule has 3 rings (SSSR count). The van der Waals surface area contributed by atoms with Crippen molar-refractivity contribution in [3.05, 3.63) is 65.0 Å². The Morgan fingerprint density at radius 2 is 1.85 bits per heavy atom. The number of ether oxygens (including phenoxy) is 1. The van der Waals surface area contributed by atoms with Crippen molar-refractivity contribution in [1.29, 1.82) is 0 Å². The van der Waals surface area contributed by atoms with Crippen LogP contribution in [0.5, 0.6) is 5.75 Å². The third kappa shape index (κ3) is 3.72. The molecule has 1 aliphatic rings. The Bertz CT molecular complexity index is 1050. The van der Waals surface area contributed by atoms with Crippen molar-refractivity contribution in [3.8, 4) is 5.75 Å². The molecule has 0 saturated heterocycles. The molecular weight excluding hydrogens is 398 g/mol. The first-order valence-electron chi connectivity index (χ1n) is 7.58. The summed E-state index contributed by atoms with van der Waals surface area (Å²) in [6, 6.07) is 11.3. The lowest BCUT2D eigenvalue weighted by atomic mass is 10.2. The molecule has 0 spiro atoms. The van der Waals surface area contributed by atoms with Gasteiger partial charge in [0.15, 0.2) is 9.84 Å². The van der Waals surface area contributed by atoms with Crippen LogP contribution in [0.1, 0.15) is 0 Å². The number of benzene rings is 2. The molecule has 0 radical (unpaired) electrons. The molecule has 1 atom stereocenters. The summed E-state index contributed by atoms with van der Waals surface area (Å²) in [5.41, 5.74) is 0.311. The molecule has 26 heavy (non-hydrogen) atoms. The molecule has 1 heterocycles. The van der Waals surface area contributed by atoms with Crippen LogP contribution in [0, 0.1) is 0 Å². The summed E-state index contributed by atoms with van der Waals surface area (Å²) in [4.78, 5) is 0.0161. The summed E-state index contributed by atoms with van der Waals surface area (Å²) in [6.07, 6.45) is 1.38. The minimum Gasteiger partial charge on any atom is -0.497 e. The van der Waals surface area contributed by atoms with Gasteiger partial charge in [-0.05, 0) is 42.5 Å². The molecule has 1 aliphatic heterocycles. The number of anilines is 1. The van der Waals surface area contributed by atoms with Gasteiger partial charge in [-0.2, -0.15) is 0 Å². The van der Waals surface area contributed by atoms with Gasteiger partial charge in [0, 0.05) is 16.5 Å². The number of halogens is 1. The third-order valence-electron chi connectivity index (χ3n) is 3.89. The molecule has 0 saturated carbocycles. The predicted octanol–water partition coefficient (Wildman–Crippen LogP) is 2.85. The van der Waals surface area contributed by atoms with E-state index in [1.54, 1.807) is 24.3 Å².